The summed E-state index contributed by atoms with van der Waals surface area (Å²) in [4.78, 5) is 24.8. The molecule has 0 bridgehead atoms. The van der Waals surface area contributed by atoms with Crippen LogP contribution in [-0.2, 0) is 4.79 Å². The monoisotopic (exact) mass is 302 g/mol. The van der Waals surface area contributed by atoms with Gasteiger partial charge in [-0.25, -0.2) is 0 Å². The van der Waals surface area contributed by atoms with E-state index in [1.807, 2.05) is 39.0 Å². The maximum atomic E-state index is 12.5. The standard InChI is InChI=1S/C18H26N2O2/c1-4-12(2)16(18(22)19-13(3)14-10-11-14)20-17(21)15-8-6-5-7-9-15/h5-9,12-14,16H,4,10-11H2,1-3H3,(H,19,22)(H,20,21)/t12-,13-,16+/m0/s1. The zero-order valence-corrected chi connectivity index (χ0v) is 13.6. The van der Waals surface area contributed by atoms with E-state index in [1.165, 1.54) is 12.8 Å². The maximum Gasteiger partial charge on any atom is 0.251 e. The van der Waals surface area contributed by atoms with E-state index >= 15 is 0 Å². The summed E-state index contributed by atoms with van der Waals surface area (Å²) in [6.45, 7) is 6.07. The Labute approximate surface area is 132 Å². The second kappa shape index (κ2) is 7.43. The number of nitrogens with one attached hydrogen (secondary N) is 2. The molecule has 22 heavy (non-hydrogen) atoms. The van der Waals surface area contributed by atoms with E-state index in [4.69, 9.17) is 0 Å². The minimum Gasteiger partial charge on any atom is -0.352 e. The van der Waals surface area contributed by atoms with Gasteiger partial charge in [-0.05, 0) is 43.7 Å². The first-order chi connectivity index (χ1) is 10.5. The van der Waals surface area contributed by atoms with Crippen molar-refractivity contribution in [1.29, 1.82) is 0 Å². The Kier molecular flexibility index (Phi) is 5.58. The molecule has 1 saturated carbocycles. The molecule has 0 aromatic heterocycles. The third-order valence-electron chi connectivity index (χ3n) is 4.52. The number of carbonyl (C=O) groups is 2. The highest BCUT2D eigenvalue weighted by Gasteiger charge is 2.32. The molecular weight excluding hydrogens is 276 g/mol. The molecular formula is C18H26N2O2. The maximum absolute atomic E-state index is 12.5. The van der Waals surface area contributed by atoms with Gasteiger partial charge in [-0.15, -0.1) is 0 Å². The van der Waals surface area contributed by atoms with E-state index in [1.54, 1.807) is 12.1 Å². The molecule has 0 saturated heterocycles. The molecule has 1 fully saturated rings. The molecule has 0 aliphatic heterocycles. The van der Waals surface area contributed by atoms with Crippen molar-refractivity contribution in [3.8, 4) is 0 Å². The van der Waals surface area contributed by atoms with Gasteiger partial charge in [0.2, 0.25) is 5.91 Å². The average molecular weight is 302 g/mol. The molecule has 1 aliphatic carbocycles. The van der Waals surface area contributed by atoms with Crippen LogP contribution >= 0.6 is 0 Å². The lowest BCUT2D eigenvalue weighted by molar-refractivity contribution is -0.124. The quantitative estimate of drug-likeness (QED) is 0.813. The smallest absolute Gasteiger partial charge is 0.251 e. The van der Waals surface area contributed by atoms with Crippen LogP contribution in [0.3, 0.4) is 0 Å². The Morgan fingerprint density at radius 1 is 1.14 bits per heavy atom. The van der Waals surface area contributed by atoms with E-state index in [-0.39, 0.29) is 23.8 Å². The van der Waals surface area contributed by atoms with Gasteiger partial charge in [0, 0.05) is 11.6 Å². The molecule has 1 aromatic rings. The lowest BCUT2D eigenvalue weighted by Gasteiger charge is -2.25. The lowest BCUT2D eigenvalue weighted by Crippen LogP contribution is -2.52. The average Bonchev–Trinajstić information content (AvgIpc) is 3.37. The molecule has 4 heteroatoms. The van der Waals surface area contributed by atoms with Gasteiger partial charge >= 0.3 is 0 Å². The zero-order valence-electron chi connectivity index (χ0n) is 13.6. The summed E-state index contributed by atoms with van der Waals surface area (Å²) in [5.41, 5.74) is 0.582. The SMILES string of the molecule is CC[C@H](C)[C@@H](NC(=O)c1ccccc1)C(=O)N[C@@H](C)C1CC1. The van der Waals surface area contributed by atoms with Gasteiger partial charge in [0.25, 0.3) is 5.91 Å². The van der Waals surface area contributed by atoms with Gasteiger partial charge in [-0.3, -0.25) is 9.59 Å². The van der Waals surface area contributed by atoms with Gasteiger partial charge < -0.3 is 10.6 Å². The fourth-order valence-corrected chi connectivity index (χ4v) is 2.54. The number of carbonyl (C=O) groups excluding carboxylic acids is 2. The Balaban J connectivity index is 2.02. The second-order valence-corrected chi connectivity index (χ2v) is 6.34. The third kappa shape index (κ3) is 4.33. The molecule has 1 aromatic carbocycles. The van der Waals surface area contributed by atoms with Crippen molar-refractivity contribution in [2.45, 2.75) is 52.1 Å². The topological polar surface area (TPSA) is 58.2 Å². The number of benzene rings is 1. The molecule has 4 nitrogen and oxygen atoms in total. The second-order valence-electron chi connectivity index (χ2n) is 6.34. The summed E-state index contributed by atoms with van der Waals surface area (Å²) < 4.78 is 0. The fraction of sp³-hybridized carbons (Fsp3) is 0.556. The Bertz CT molecular complexity index is 511. The van der Waals surface area contributed by atoms with Gasteiger partial charge in [-0.1, -0.05) is 38.5 Å². The van der Waals surface area contributed by atoms with E-state index in [2.05, 4.69) is 10.6 Å². The number of hydrogen-bond acceptors (Lipinski definition) is 2. The van der Waals surface area contributed by atoms with E-state index < -0.39 is 6.04 Å². The molecule has 0 unspecified atom stereocenters. The first-order valence-electron chi connectivity index (χ1n) is 8.19. The number of amides is 2. The minimum absolute atomic E-state index is 0.0713. The predicted octanol–water partition coefficient (Wildman–Crippen LogP) is 2.75. The summed E-state index contributed by atoms with van der Waals surface area (Å²) in [5, 5.41) is 5.96. The highest BCUT2D eigenvalue weighted by molar-refractivity contribution is 5.97. The van der Waals surface area contributed by atoms with Crippen molar-refractivity contribution < 1.29 is 9.59 Å². The summed E-state index contributed by atoms with van der Waals surface area (Å²) in [6, 6.07) is 8.73. The Morgan fingerprint density at radius 3 is 2.32 bits per heavy atom. The predicted molar refractivity (Wildman–Crippen MR) is 87.5 cm³/mol. The van der Waals surface area contributed by atoms with Crippen LogP contribution in [-0.4, -0.2) is 23.9 Å². The third-order valence-corrected chi connectivity index (χ3v) is 4.52. The van der Waals surface area contributed by atoms with Crippen molar-refractivity contribution in [3.05, 3.63) is 35.9 Å². The van der Waals surface area contributed by atoms with Crippen LogP contribution in [0.5, 0.6) is 0 Å². The molecule has 1 aliphatic rings. The van der Waals surface area contributed by atoms with E-state index in [0.29, 0.717) is 11.5 Å². The summed E-state index contributed by atoms with van der Waals surface area (Å²) in [6.07, 6.45) is 3.21. The Hall–Kier alpha value is -1.84. The van der Waals surface area contributed by atoms with Crippen LogP contribution in [0.15, 0.2) is 30.3 Å². The summed E-state index contributed by atoms with van der Waals surface area (Å²) >= 11 is 0. The molecule has 120 valence electrons. The summed E-state index contributed by atoms with van der Waals surface area (Å²) in [7, 11) is 0. The van der Waals surface area contributed by atoms with Crippen molar-refractivity contribution in [2.24, 2.45) is 11.8 Å². The molecule has 2 amide bonds. The molecule has 0 spiro atoms. The van der Waals surface area contributed by atoms with Crippen molar-refractivity contribution >= 4 is 11.8 Å². The van der Waals surface area contributed by atoms with Crippen molar-refractivity contribution in [3.63, 3.8) is 0 Å². The van der Waals surface area contributed by atoms with Gasteiger partial charge in [0.05, 0.1) is 0 Å². The van der Waals surface area contributed by atoms with Crippen LogP contribution in [0, 0.1) is 11.8 Å². The molecule has 3 atom stereocenters. The van der Waals surface area contributed by atoms with Gasteiger partial charge in [-0.2, -0.15) is 0 Å². The first kappa shape index (κ1) is 16.5. The highest BCUT2D eigenvalue weighted by atomic mass is 16.2. The zero-order chi connectivity index (χ0) is 16.1. The highest BCUT2D eigenvalue weighted by Crippen LogP contribution is 2.32. The van der Waals surface area contributed by atoms with E-state index in [0.717, 1.165) is 6.42 Å². The van der Waals surface area contributed by atoms with Crippen LogP contribution < -0.4 is 10.6 Å². The Morgan fingerprint density at radius 2 is 1.77 bits per heavy atom. The fourth-order valence-electron chi connectivity index (χ4n) is 2.54. The van der Waals surface area contributed by atoms with E-state index in [9.17, 15) is 9.59 Å². The van der Waals surface area contributed by atoms with Gasteiger partial charge in [0.1, 0.15) is 6.04 Å². The number of hydrogen-bond donors (Lipinski definition) is 2. The van der Waals surface area contributed by atoms with Crippen LogP contribution in [0.25, 0.3) is 0 Å². The molecule has 0 radical (unpaired) electrons. The van der Waals surface area contributed by atoms with Crippen molar-refractivity contribution in [1.82, 2.24) is 10.6 Å². The van der Waals surface area contributed by atoms with Crippen LogP contribution in [0.1, 0.15) is 50.4 Å². The van der Waals surface area contributed by atoms with Crippen molar-refractivity contribution in [2.75, 3.05) is 0 Å². The van der Waals surface area contributed by atoms with Gasteiger partial charge in [0.15, 0.2) is 0 Å². The molecule has 0 heterocycles. The normalized spacial score (nSPS) is 18.1. The largest absolute Gasteiger partial charge is 0.352 e. The molecule has 2 rings (SSSR count). The lowest BCUT2D eigenvalue weighted by atomic mass is 9.97. The minimum atomic E-state index is -0.487. The summed E-state index contributed by atoms with van der Waals surface area (Å²) in [5.74, 6) is 0.434. The first-order valence-corrected chi connectivity index (χ1v) is 8.19. The number of rotatable bonds is 7. The van der Waals surface area contributed by atoms with Crippen LogP contribution in [0.4, 0.5) is 0 Å². The molecule has 2 N–H and O–H groups in total. The van der Waals surface area contributed by atoms with Crippen LogP contribution in [0.2, 0.25) is 0 Å².